The van der Waals surface area contributed by atoms with Crippen LogP contribution in [0.25, 0.3) is 22.3 Å². The fourth-order valence-electron chi connectivity index (χ4n) is 5.42. The van der Waals surface area contributed by atoms with Crippen molar-refractivity contribution in [3.63, 3.8) is 0 Å². The molecule has 10 nitrogen and oxygen atoms in total. The molecule has 0 aliphatic heterocycles. The van der Waals surface area contributed by atoms with Gasteiger partial charge in [0.15, 0.2) is 0 Å². The number of hydrogen-bond acceptors (Lipinski definition) is 7. The molecule has 3 aromatic carbocycles. The monoisotopic (exact) mass is 659 g/mol. The second kappa shape index (κ2) is 16.0. The Balaban J connectivity index is 0.00000576. The predicted octanol–water partition coefficient (Wildman–Crippen LogP) is 0.630. The first kappa shape index (κ1) is 37.1. The number of rotatable bonds is 13. The summed E-state index contributed by atoms with van der Waals surface area (Å²) < 4.78 is 39.4. The molecule has 5 N–H and O–H groups in total. The van der Waals surface area contributed by atoms with Crippen LogP contribution < -0.4 is 45.1 Å². The molecule has 0 saturated carbocycles. The zero-order valence-electron chi connectivity index (χ0n) is 25.8. The molecule has 0 aliphatic carbocycles. The van der Waals surface area contributed by atoms with E-state index in [0.717, 1.165) is 0 Å². The summed E-state index contributed by atoms with van der Waals surface area (Å²) >= 11 is 0. The van der Waals surface area contributed by atoms with Crippen molar-refractivity contribution >= 4 is 27.6 Å². The Hall–Kier alpha value is -3.36. The van der Waals surface area contributed by atoms with Crippen LogP contribution in [0.5, 0.6) is 0 Å². The number of aliphatic hydroxyl groups is 2. The smallest absolute Gasteiger partial charge is 0.550 e. The van der Waals surface area contributed by atoms with E-state index >= 15 is 0 Å². The third kappa shape index (κ3) is 9.13. The molecule has 0 radical (unpaired) electrons. The molecular formula is C33H35FN3NaO7S. The van der Waals surface area contributed by atoms with E-state index in [9.17, 15) is 37.7 Å². The van der Waals surface area contributed by atoms with E-state index < -0.39 is 46.3 Å². The molecule has 0 unspecified atom stereocenters. The van der Waals surface area contributed by atoms with E-state index in [2.05, 4.69) is 5.32 Å². The number of carbonyl (C=O) groups excluding carboxylic acids is 2. The summed E-state index contributed by atoms with van der Waals surface area (Å²) in [7, 11) is -3.94. The van der Waals surface area contributed by atoms with Crippen LogP contribution in [-0.4, -0.2) is 47.3 Å². The van der Waals surface area contributed by atoms with Crippen molar-refractivity contribution in [2.24, 2.45) is 5.14 Å². The Labute approximate surface area is 289 Å². The van der Waals surface area contributed by atoms with Crippen molar-refractivity contribution in [2.45, 2.75) is 62.7 Å². The van der Waals surface area contributed by atoms with Crippen molar-refractivity contribution in [3.05, 3.63) is 96.1 Å². The second-order valence-electron chi connectivity index (χ2n) is 11.1. The fraction of sp³-hybridized carbons (Fsp3) is 0.273. The zero-order valence-corrected chi connectivity index (χ0v) is 28.6. The number of primary sulfonamides is 1. The number of halogens is 1. The number of aliphatic carboxylic acids is 1. The summed E-state index contributed by atoms with van der Waals surface area (Å²) in [4.78, 5) is 25.0. The molecule has 4 rings (SSSR count). The Morgan fingerprint density at radius 1 is 0.913 bits per heavy atom. The summed E-state index contributed by atoms with van der Waals surface area (Å²) in [6.07, 6.45) is -2.80. The van der Waals surface area contributed by atoms with Gasteiger partial charge in [0.2, 0.25) is 10.0 Å². The van der Waals surface area contributed by atoms with Crippen molar-refractivity contribution < 1.29 is 67.3 Å². The number of nitrogens with two attached hydrogens (primary N) is 1. The number of aliphatic hydroxyl groups excluding tert-OH is 2. The molecule has 0 bridgehead atoms. The average molecular weight is 660 g/mol. The van der Waals surface area contributed by atoms with Crippen LogP contribution in [0.4, 0.5) is 10.1 Å². The predicted molar refractivity (Wildman–Crippen MR) is 166 cm³/mol. The third-order valence-corrected chi connectivity index (χ3v) is 8.26. The molecule has 4 aromatic rings. The molecule has 13 heteroatoms. The van der Waals surface area contributed by atoms with Gasteiger partial charge in [-0.05, 0) is 80.6 Å². The first-order chi connectivity index (χ1) is 21.3. The topological polar surface area (TPSA) is 175 Å². The van der Waals surface area contributed by atoms with E-state index in [1.165, 1.54) is 36.4 Å². The Morgan fingerprint density at radius 3 is 2.04 bits per heavy atom. The summed E-state index contributed by atoms with van der Waals surface area (Å²) in [5.74, 6) is -2.36. The summed E-state index contributed by atoms with van der Waals surface area (Å²) in [6.45, 7) is 3.79. The maximum absolute atomic E-state index is 14.2. The number of anilines is 1. The van der Waals surface area contributed by atoms with E-state index in [4.69, 9.17) is 5.14 Å². The SMILES string of the molecule is CC(C)n1c(CC[C@@H](O)C[C@@H](O)CC(=O)[O-])c(-c2ccc(F)cc2)c(-c2ccccc2)c1C(=O)Nc1ccc(S(N)(=O)=O)cc1.[Na+]. The van der Waals surface area contributed by atoms with Gasteiger partial charge in [-0.2, -0.15) is 0 Å². The first-order valence-corrected chi connectivity index (χ1v) is 15.9. The van der Waals surface area contributed by atoms with Crippen molar-refractivity contribution in [3.8, 4) is 22.3 Å². The Kier molecular flexibility index (Phi) is 12.9. The van der Waals surface area contributed by atoms with Gasteiger partial charge in [0.25, 0.3) is 5.91 Å². The average Bonchev–Trinajstić information content (AvgIpc) is 3.32. The van der Waals surface area contributed by atoms with E-state index in [1.54, 1.807) is 12.1 Å². The molecule has 2 atom stereocenters. The van der Waals surface area contributed by atoms with Gasteiger partial charge in [0.05, 0.1) is 17.1 Å². The molecule has 0 saturated heterocycles. The van der Waals surface area contributed by atoms with Gasteiger partial charge in [-0.25, -0.2) is 17.9 Å². The number of carboxylic acid groups (broad SMARTS) is 1. The molecule has 46 heavy (non-hydrogen) atoms. The van der Waals surface area contributed by atoms with Crippen molar-refractivity contribution in [2.75, 3.05) is 5.32 Å². The number of hydrogen-bond donors (Lipinski definition) is 4. The molecular weight excluding hydrogens is 624 g/mol. The van der Waals surface area contributed by atoms with E-state index in [-0.39, 0.29) is 65.5 Å². The molecule has 0 fully saturated rings. The number of benzene rings is 3. The van der Waals surface area contributed by atoms with Crippen LogP contribution in [0.1, 0.15) is 55.3 Å². The fourth-order valence-corrected chi connectivity index (χ4v) is 5.93. The second-order valence-corrected chi connectivity index (χ2v) is 12.6. The van der Waals surface area contributed by atoms with Gasteiger partial charge in [-0.3, -0.25) is 4.79 Å². The Morgan fingerprint density at radius 2 is 1.50 bits per heavy atom. The van der Waals surface area contributed by atoms with Gasteiger partial charge in [0.1, 0.15) is 11.5 Å². The third-order valence-electron chi connectivity index (χ3n) is 7.34. The van der Waals surface area contributed by atoms with Crippen LogP contribution in [0, 0.1) is 5.82 Å². The van der Waals surface area contributed by atoms with Crippen LogP contribution in [0.15, 0.2) is 83.8 Å². The van der Waals surface area contributed by atoms with Gasteiger partial charge < -0.3 is 30.0 Å². The van der Waals surface area contributed by atoms with Crippen molar-refractivity contribution in [1.29, 1.82) is 0 Å². The van der Waals surface area contributed by atoms with Crippen LogP contribution in [0.2, 0.25) is 0 Å². The summed E-state index contributed by atoms with van der Waals surface area (Å²) in [5, 5.41) is 39.7. The molecule has 0 aliphatic rings. The van der Waals surface area contributed by atoms with Crippen LogP contribution in [-0.2, 0) is 21.2 Å². The maximum atomic E-state index is 14.2. The summed E-state index contributed by atoms with van der Waals surface area (Å²) in [5.41, 5.74) is 3.82. The minimum Gasteiger partial charge on any atom is -0.550 e. The number of carbonyl (C=O) groups is 2. The number of carboxylic acids is 1. The van der Waals surface area contributed by atoms with Gasteiger partial charge >= 0.3 is 29.6 Å². The zero-order chi connectivity index (χ0) is 32.9. The molecule has 238 valence electrons. The van der Waals surface area contributed by atoms with E-state index in [1.807, 2.05) is 48.7 Å². The van der Waals surface area contributed by atoms with Gasteiger partial charge in [-0.15, -0.1) is 0 Å². The minimum atomic E-state index is -3.94. The number of nitrogens with zero attached hydrogens (tertiary/aromatic N) is 1. The van der Waals surface area contributed by atoms with Gasteiger partial charge in [-0.1, -0.05) is 42.5 Å². The largest absolute Gasteiger partial charge is 1.00 e. The maximum Gasteiger partial charge on any atom is 1.00 e. The number of amides is 1. The summed E-state index contributed by atoms with van der Waals surface area (Å²) in [6, 6.07) is 20.2. The molecule has 1 aromatic heterocycles. The standard InChI is InChI=1S/C33H36FN3O7S.Na/c1-20(2)37-28(17-14-25(38)18-26(39)19-29(40)41)30(22-8-10-23(34)11-9-22)31(21-6-4-3-5-7-21)32(37)33(42)36-24-12-15-27(16-13-24)45(35,43)44;/h3-13,15-16,20,25-26,38-39H,14,17-19H2,1-2H3,(H,36,42)(H,40,41)(H2,35,43,44);/q;+1/p-1/t25-,26-;/m1./s1. The molecule has 1 heterocycles. The first-order valence-electron chi connectivity index (χ1n) is 14.3. The van der Waals surface area contributed by atoms with Crippen molar-refractivity contribution in [1.82, 2.24) is 4.57 Å². The molecule has 1 amide bonds. The normalized spacial score (nSPS) is 12.8. The van der Waals surface area contributed by atoms with Crippen LogP contribution >= 0.6 is 0 Å². The number of aromatic nitrogens is 1. The van der Waals surface area contributed by atoms with Crippen LogP contribution in [0.3, 0.4) is 0 Å². The quantitative estimate of drug-likeness (QED) is 0.152. The van der Waals surface area contributed by atoms with Gasteiger partial charge in [0, 0.05) is 40.9 Å². The van der Waals surface area contributed by atoms with E-state index in [0.29, 0.717) is 33.6 Å². The molecule has 0 spiro atoms. The Bertz CT molecular complexity index is 1760. The number of nitrogens with one attached hydrogen (secondary N) is 1. The number of sulfonamides is 1. The minimum absolute atomic E-state index is 0.